The van der Waals surface area contributed by atoms with Gasteiger partial charge in [-0.25, -0.2) is 16.1 Å². The number of benzene rings is 8. The van der Waals surface area contributed by atoms with Gasteiger partial charge in [-0.15, -0.1) is 17.7 Å². The Bertz CT molecular complexity index is 3140. The van der Waals surface area contributed by atoms with Crippen molar-refractivity contribution in [1.29, 1.82) is 0 Å². The van der Waals surface area contributed by atoms with Crippen LogP contribution in [0.1, 0.15) is 24.0 Å². The largest absolute Gasteiger partial charge is 2.00 e. The molecular weight excluding hydrogens is 931 g/mol. The molecule has 5 heteroatoms. The third-order valence-electron chi connectivity index (χ3n) is 10.9. The Morgan fingerprint density at radius 1 is 0.603 bits per heavy atom. The molecule has 274 valence electrons. The van der Waals surface area contributed by atoms with Gasteiger partial charge in [0.1, 0.15) is 0 Å². The molecule has 10 aromatic rings. The molecule has 2 aromatic heterocycles. The number of rotatable bonds is 7. The molecule has 0 aliphatic rings. The first-order valence-corrected chi connectivity index (χ1v) is 19.3. The maximum Gasteiger partial charge on any atom is 2.00 e. The van der Waals surface area contributed by atoms with Crippen LogP contribution in [0.5, 0.6) is 0 Å². The van der Waals surface area contributed by atoms with Crippen molar-refractivity contribution >= 4 is 55.3 Å². The smallest absolute Gasteiger partial charge is 0.369 e. The van der Waals surface area contributed by atoms with Crippen molar-refractivity contribution in [3.8, 4) is 27.9 Å². The zero-order valence-electron chi connectivity index (χ0n) is 32.0. The van der Waals surface area contributed by atoms with Gasteiger partial charge in [-0.2, -0.15) is 42.5 Å². The van der Waals surface area contributed by atoms with E-state index in [1.54, 1.807) is 0 Å². The van der Waals surface area contributed by atoms with Crippen molar-refractivity contribution in [2.24, 2.45) is 10.7 Å². The molecule has 4 nitrogen and oxygen atoms in total. The summed E-state index contributed by atoms with van der Waals surface area (Å²) in [5.41, 5.74) is 19.8. The van der Waals surface area contributed by atoms with Gasteiger partial charge in [0.2, 0.25) is 5.96 Å². The second kappa shape index (κ2) is 15.9. The molecule has 2 heterocycles. The standard InChI is InChI=1S/C53H38N4.U/c1-36(39-21-15-22-40(34-39)37-17-5-2-6-18-37)33-47(42-24-16-23-41(35-42)38-19-7-3-8-20-38)55-53(54)57-49-30-14-12-28-46(49)51-50(57)32-31-45-44-27-11-13-29-48(44)56(52(45)51)43-25-9-4-10-26-43;/h2-17,19-33,35-36H,1H3,(H2,54,55);/q-2;+2/b47-33-;. The van der Waals surface area contributed by atoms with Crippen LogP contribution < -0.4 is 5.73 Å². The topological polar surface area (TPSA) is 48.2 Å². The second-order valence-electron chi connectivity index (χ2n) is 14.4. The number of hydrogen-bond donors (Lipinski definition) is 1. The number of para-hydroxylation sites is 3. The number of allylic oxidation sites excluding steroid dienone is 1. The number of nitrogens with two attached hydrogens (primary N) is 1. The molecule has 2 N–H and O–H groups in total. The number of nitrogens with zero attached hydrogens (tertiary/aromatic N) is 3. The van der Waals surface area contributed by atoms with Crippen LogP contribution in [0, 0.1) is 43.2 Å². The molecule has 0 spiro atoms. The van der Waals surface area contributed by atoms with Gasteiger partial charge in [-0.3, -0.25) is 4.57 Å². The fourth-order valence-electron chi connectivity index (χ4n) is 8.26. The van der Waals surface area contributed by atoms with E-state index in [0.29, 0.717) is 5.96 Å². The first-order valence-electron chi connectivity index (χ1n) is 19.3. The summed E-state index contributed by atoms with van der Waals surface area (Å²) in [6.45, 7) is 2.19. The average molecular weight is 969 g/mol. The van der Waals surface area contributed by atoms with Crippen molar-refractivity contribution in [3.05, 3.63) is 217 Å². The van der Waals surface area contributed by atoms with E-state index in [0.717, 1.165) is 77.6 Å². The molecule has 0 saturated heterocycles. The minimum atomic E-state index is -0.0278. The van der Waals surface area contributed by atoms with Crippen LogP contribution in [0.2, 0.25) is 0 Å². The Kier molecular flexibility index (Phi) is 10.2. The minimum Gasteiger partial charge on any atom is -0.369 e. The fourth-order valence-corrected chi connectivity index (χ4v) is 8.26. The fraction of sp³-hybridized carbons (Fsp3) is 0.0377. The van der Waals surface area contributed by atoms with Gasteiger partial charge in [0.25, 0.3) is 0 Å². The summed E-state index contributed by atoms with van der Waals surface area (Å²) in [7, 11) is 0. The molecule has 0 radical (unpaired) electrons. The van der Waals surface area contributed by atoms with E-state index in [4.69, 9.17) is 10.7 Å². The summed E-state index contributed by atoms with van der Waals surface area (Å²) >= 11 is 0. The summed E-state index contributed by atoms with van der Waals surface area (Å²) in [5, 5.41) is 4.65. The summed E-state index contributed by atoms with van der Waals surface area (Å²) in [5.74, 6) is 0.364. The summed E-state index contributed by atoms with van der Waals surface area (Å²) in [6.07, 6.45) is 2.21. The zero-order valence-corrected chi connectivity index (χ0v) is 36.1. The third-order valence-corrected chi connectivity index (χ3v) is 10.9. The van der Waals surface area contributed by atoms with E-state index in [9.17, 15) is 0 Å². The van der Waals surface area contributed by atoms with Gasteiger partial charge in [0.05, 0.1) is 27.8 Å². The maximum absolute atomic E-state index is 7.30. The molecule has 1 atom stereocenters. The maximum atomic E-state index is 7.30. The van der Waals surface area contributed by atoms with Gasteiger partial charge < -0.3 is 10.3 Å². The molecule has 1 unspecified atom stereocenters. The van der Waals surface area contributed by atoms with Crippen molar-refractivity contribution in [2.75, 3.05) is 0 Å². The molecule has 0 aliphatic carbocycles. The number of hydrogen-bond acceptors (Lipinski definition) is 1. The predicted octanol–water partition coefficient (Wildman–Crippen LogP) is 12.8. The minimum absolute atomic E-state index is 0. The van der Waals surface area contributed by atoms with Gasteiger partial charge in [-0.05, 0) is 53.4 Å². The molecule has 0 bridgehead atoms. The van der Waals surface area contributed by atoms with E-state index >= 15 is 0 Å². The number of aromatic nitrogens is 2. The molecule has 0 fully saturated rings. The monoisotopic (exact) mass is 968 g/mol. The SMILES string of the molecule is CC(/C=C(\N=C(N)n1c2ccccc2c2c1ccc1c3ccccc3n(-c3ccccc3)c12)c1cccc(-c2ccccc2)c1)c1[c-]c(-c2[c-]cccc2)ccc1.[U+2]. The van der Waals surface area contributed by atoms with Crippen LogP contribution in [0.15, 0.2) is 199 Å². The first-order chi connectivity index (χ1) is 28.1. The Hall–Kier alpha value is -6.38. The quantitative estimate of drug-likeness (QED) is 0.0966. The molecule has 0 saturated carbocycles. The van der Waals surface area contributed by atoms with E-state index in [1.165, 1.54) is 10.8 Å². The van der Waals surface area contributed by atoms with Crippen molar-refractivity contribution in [3.63, 3.8) is 0 Å². The van der Waals surface area contributed by atoms with Gasteiger partial charge in [0, 0.05) is 32.8 Å². The zero-order chi connectivity index (χ0) is 38.3. The number of fused-ring (bicyclic) bond motifs is 7. The van der Waals surface area contributed by atoms with Crippen LogP contribution in [-0.4, -0.2) is 15.1 Å². The van der Waals surface area contributed by atoms with Gasteiger partial charge in [-0.1, -0.05) is 122 Å². The molecule has 8 aromatic carbocycles. The molecular formula is C53H38N4U. The van der Waals surface area contributed by atoms with Crippen molar-refractivity contribution in [1.82, 2.24) is 9.13 Å². The summed E-state index contributed by atoms with van der Waals surface area (Å²) < 4.78 is 4.51. The van der Waals surface area contributed by atoms with Gasteiger partial charge >= 0.3 is 31.1 Å². The van der Waals surface area contributed by atoms with E-state index in [2.05, 4.69) is 198 Å². The second-order valence-corrected chi connectivity index (χ2v) is 14.4. The molecule has 10 rings (SSSR count). The van der Waals surface area contributed by atoms with Crippen LogP contribution in [-0.2, 0) is 0 Å². The Balaban J connectivity index is 0.00000436. The van der Waals surface area contributed by atoms with E-state index in [-0.39, 0.29) is 37.0 Å². The average Bonchev–Trinajstić information content (AvgIpc) is 3.80. The van der Waals surface area contributed by atoms with Gasteiger partial charge in [0.15, 0.2) is 0 Å². The third kappa shape index (κ3) is 6.67. The Morgan fingerprint density at radius 3 is 2.07 bits per heavy atom. The van der Waals surface area contributed by atoms with E-state index < -0.39 is 0 Å². The van der Waals surface area contributed by atoms with Crippen molar-refractivity contribution in [2.45, 2.75) is 12.8 Å². The predicted molar refractivity (Wildman–Crippen MR) is 239 cm³/mol. The molecule has 0 aliphatic heterocycles. The van der Waals surface area contributed by atoms with Crippen LogP contribution in [0.25, 0.3) is 77.2 Å². The van der Waals surface area contributed by atoms with Crippen LogP contribution >= 0.6 is 0 Å². The van der Waals surface area contributed by atoms with E-state index in [1.807, 2.05) is 24.3 Å². The molecule has 0 amide bonds. The normalized spacial score (nSPS) is 12.6. The summed E-state index contributed by atoms with van der Waals surface area (Å²) in [6, 6.07) is 72.6. The van der Waals surface area contributed by atoms with Crippen molar-refractivity contribution < 1.29 is 31.1 Å². The Labute approximate surface area is 362 Å². The van der Waals surface area contributed by atoms with Crippen LogP contribution in [0.3, 0.4) is 0 Å². The van der Waals surface area contributed by atoms with Crippen LogP contribution in [0.4, 0.5) is 0 Å². The summed E-state index contributed by atoms with van der Waals surface area (Å²) in [4.78, 5) is 5.37. The Morgan fingerprint density at radius 2 is 1.28 bits per heavy atom. The first kappa shape index (κ1) is 37.2. The number of aliphatic imine (C=N–C) groups is 1. The molecule has 58 heavy (non-hydrogen) atoms.